The van der Waals surface area contributed by atoms with Crippen LogP contribution >= 0.6 is 0 Å². The molecule has 2 aromatic rings. The number of carbonyl (C=O) groups excluding carboxylic acids is 2. The number of primary amides is 1. The predicted molar refractivity (Wildman–Crippen MR) is 124 cm³/mol. The van der Waals surface area contributed by atoms with Gasteiger partial charge in [0.05, 0.1) is 10.9 Å². The van der Waals surface area contributed by atoms with Crippen LogP contribution in [-0.4, -0.2) is 45.1 Å². The van der Waals surface area contributed by atoms with Gasteiger partial charge in [-0.05, 0) is 56.6 Å². The fourth-order valence-electron chi connectivity index (χ4n) is 5.75. The maximum atomic E-state index is 12.7. The van der Waals surface area contributed by atoms with Gasteiger partial charge in [0.15, 0.2) is 6.23 Å². The number of ether oxygens (including phenoxy) is 1. The summed E-state index contributed by atoms with van der Waals surface area (Å²) in [6.45, 7) is 0.976. The van der Waals surface area contributed by atoms with Crippen LogP contribution in [0, 0.1) is 5.92 Å². The highest BCUT2D eigenvalue weighted by Gasteiger charge is 2.37. The van der Waals surface area contributed by atoms with Crippen LogP contribution < -0.4 is 21.3 Å². The number of hydrogen-bond acceptors (Lipinski definition) is 6. The van der Waals surface area contributed by atoms with E-state index >= 15 is 0 Å². The Bertz CT molecular complexity index is 1130. The molecule has 3 unspecified atom stereocenters. The second-order valence-corrected chi connectivity index (χ2v) is 9.48. The van der Waals surface area contributed by atoms with E-state index in [1.54, 1.807) is 18.2 Å². The first-order valence-electron chi connectivity index (χ1n) is 12.0. The highest BCUT2D eigenvalue weighted by Crippen LogP contribution is 2.37. The van der Waals surface area contributed by atoms with Crippen LogP contribution in [0.2, 0.25) is 0 Å². The van der Waals surface area contributed by atoms with Crippen molar-refractivity contribution in [2.24, 2.45) is 11.7 Å². The Labute approximate surface area is 192 Å². The number of nitrogens with one attached hydrogen (secondary N) is 1. The van der Waals surface area contributed by atoms with E-state index in [1.165, 1.54) is 36.7 Å². The van der Waals surface area contributed by atoms with Crippen molar-refractivity contribution in [1.82, 2.24) is 14.5 Å². The molecular formula is C24H31N5O4. The molecule has 2 amide bonds. The highest BCUT2D eigenvalue weighted by atomic mass is 16.5. The number of hydrogen-bond donors (Lipinski definition) is 2. The highest BCUT2D eigenvalue weighted by molar-refractivity contribution is 5.94. The van der Waals surface area contributed by atoms with Gasteiger partial charge in [0.25, 0.3) is 5.56 Å². The largest absolute Gasteiger partial charge is 0.475 e. The van der Waals surface area contributed by atoms with Crippen LogP contribution in [0.4, 0.5) is 5.95 Å². The van der Waals surface area contributed by atoms with E-state index in [2.05, 4.69) is 15.2 Å². The van der Waals surface area contributed by atoms with Gasteiger partial charge in [0, 0.05) is 25.1 Å². The first-order valence-corrected chi connectivity index (χ1v) is 12.0. The first-order chi connectivity index (χ1) is 16.0. The zero-order valence-corrected chi connectivity index (χ0v) is 18.8. The Hall–Kier alpha value is -2.94. The van der Waals surface area contributed by atoms with Gasteiger partial charge in [-0.25, -0.2) is 4.98 Å². The average Bonchev–Trinajstić information content (AvgIpc) is 3.18. The average molecular weight is 454 g/mol. The normalized spacial score (nSPS) is 23.6. The number of nitrogens with zero attached hydrogens (tertiary/aromatic N) is 3. The summed E-state index contributed by atoms with van der Waals surface area (Å²) in [5, 5.41) is 3.09. The number of piperidine rings is 1. The van der Waals surface area contributed by atoms with E-state index in [0.29, 0.717) is 47.9 Å². The van der Waals surface area contributed by atoms with E-state index in [0.717, 1.165) is 13.0 Å². The van der Waals surface area contributed by atoms with Crippen LogP contribution in [0.1, 0.15) is 57.8 Å². The SMILES string of the molecule is NC(=O)CCCC(Oc1ccc2c(=O)n3c(nc2c1)NC(=O)C3)N1CCCC2CCCCC21. The molecule has 1 saturated heterocycles. The molecule has 3 aliphatic rings. The van der Waals surface area contributed by atoms with Gasteiger partial charge in [0.1, 0.15) is 12.3 Å². The Morgan fingerprint density at radius 3 is 2.88 bits per heavy atom. The maximum absolute atomic E-state index is 12.7. The lowest BCUT2D eigenvalue weighted by molar-refractivity contribution is -0.118. The molecular weight excluding hydrogens is 422 g/mol. The second-order valence-electron chi connectivity index (χ2n) is 9.48. The molecule has 1 saturated carbocycles. The van der Waals surface area contributed by atoms with Gasteiger partial charge in [-0.15, -0.1) is 0 Å². The van der Waals surface area contributed by atoms with Crippen LogP contribution in [0.3, 0.4) is 0 Å². The number of amides is 2. The van der Waals surface area contributed by atoms with Crippen molar-refractivity contribution in [2.75, 3.05) is 11.9 Å². The van der Waals surface area contributed by atoms with Crippen molar-refractivity contribution < 1.29 is 14.3 Å². The number of rotatable bonds is 7. The summed E-state index contributed by atoms with van der Waals surface area (Å²) in [5.41, 5.74) is 5.64. The number of aromatic nitrogens is 2. The zero-order chi connectivity index (χ0) is 22.9. The summed E-state index contributed by atoms with van der Waals surface area (Å²) in [7, 11) is 0. The molecule has 0 radical (unpaired) electrons. The number of anilines is 1. The van der Waals surface area contributed by atoms with Crippen LogP contribution in [0.25, 0.3) is 10.9 Å². The minimum Gasteiger partial charge on any atom is -0.475 e. The first kappa shape index (κ1) is 21.9. The number of fused-ring (bicyclic) bond motifs is 3. The molecule has 2 fully saturated rings. The third kappa shape index (κ3) is 4.46. The third-order valence-electron chi connectivity index (χ3n) is 7.28. The smallest absolute Gasteiger partial charge is 0.263 e. The van der Waals surface area contributed by atoms with Crippen molar-refractivity contribution in [2.45, 2.75) is 76.6 Å². The Kier molecular flexibility index (Phi) is 6.05. The maximum Gasteiger partial charge on any atom is 0.263 e. The lowest BCUT2D eigenvalue weighted by Gasteiger charge is -2.47. The van der Waals surface area contributed by atoms with Crippen LogP contribution in [0.5, 0.6) is 5.75 Å². The second kappa shape index (κ2) is 9.13. The molecule has 0 bridgehead atoms. The van der Waals surface area contributed by atoms with E-state index in [1.807, 2.05) is 0 Å². The molecule has 1 aromatic carbocycles. The molecule has 3 N–H and O–H groups in total. The molecule has 1 aromatic heterocycles. The van der Waals surface area contributed by atoms with Crippen molar-refractivity contribution in [1.29, 1.82) is 0 Å². The molecule has 2 aliphatic heterocycles. The van der Waals surface area contributed by atoms with Crippen molar-refractivity contribution in [3.63, 3.8) is 0 Å². The molecule has 9 nitrogen and oxygen atoms in total. The van der Waals surface area contributed by atoms with E-state index in [4.69, 9.17) is 10.5 Å². The predicted octanol–water partition coefficient (Wildman–Crippen LogP) is 2.36. The monoisotopic (exact) mass is 453 g/mol. The van der Waals surface area contributed by atoms with Crippen molar-refractivity contribution >= 4 is 28.7 Å². The number of likely N-dealkylation sites (tertiary alicyclic amines) is 1. The van der Waals surface area contributed by atoms with E-state index < -0.39 is 0 Å². The lowest BCUT2D eigenvalue weighted by Crippen LogP contribution is -2.53. The van der Waals surface area contributed by atoms with Crippen molar-refractivity contribution in [3.8, 4) is 5.75 Å². The third-order valence-corrected chi connectivity index (χ3v) is 7.28. The summed E-state index contributed by atoms with van der Waals surface area (Å²) in [5.74, 6) is 1.07. The minimum atomic E-state index is -0.297. The fourth-order valence-corrected chi connectivity index (χ4v) is 5.75. The van der Waals surface area contributed by atoms with E-state index in [-0.39, 0.29) is 36.1 Å². The zero-order valence-electron chi connectivity index (χ0n) is 18.8. The summed E-state index contributed by atoms with van der Waals surface area (Å²) in [6, 6.07) is 5.79. The van der Waals surface area contributed by atoms with Gasteiger partial charge >= 0.3 is 0 Å². The minimum absolute atomic E-state index is 0.00515. The standard InChI is InChI=1S/C24H31N5O4/c25-20(30)8-3-9-22(28-12-4-6-15-5-1-2-7-19(15)28)33-16-10-11-17-18(13-16)26-24-27-21(31)14-29(24)23(17)32/h10-11,13,15,19,22H,1-9,12,14H2,(H2,25,30)(H,26,27,31). The molecule has 33 heavy (non-hydrogen) atoms. The van der Waals surface area contributed by atoms with Gasteiger partial charge in [-0.1, -0.05) is 12.8 Å². The lowest BCUT2D eigenvalue weighted by atomic mass is 9.78. The summed E-state index contributed by atoms with van der Waals surface area (Å²) in [4.78, 5) is 42.8. The van der Waals surface area contributed by atoms with Crippen molar-refractivity contribution in [3.05, 3.63) is 28.6 Å². The number of nitrogens with two attached hydrogens (primary N) is 1. The number of benzene rings is 1. The molecule has 0 spiro atoms. The summed E-state index contributed by atoms with van der Waals surface area (Å²) < 4.78 is 7.87. The van der Waals surface area contributed by atoms with Crippen LogP contribution in [-0.2, 0) is 16.1 Å². The van der Waals surface area contributed by atoms with Gasteiger partial charge in [-0.3, -0.25) is 29.2 Å². The van der Waals surface area contributed by atoms with Gasteiger partial charge in [-0.2, -0.15) is 0 Å². The molecule has 9 heteroatoms. The molecule has 3 atom stereocenters. The summed E-state index contributed by atoms with van der Waals surface area (Å²) in [6.07, 6.45) is 8.97. The Balaban J connectivity index is 1.42. The molecule has 1 aliphatic carbocycles. The van der Waals surface area contributed by atoms with E-state index in [9.17, 15) is 14.4 Å². The van der Waals surface area contributed by atoms with Gasteiger partial charge < -0.3 is 10.5 Å². The fraction of sp³-hybridized carbons (Fsp3) is 0.583. The summed E-state index contributed by atoms with van der Waals surface area (Å²) >= 11 is 0. The Morgan fingerprint density at radius 1 is 1.21 bits per heavy atom. The van der Waals surface area contributed by atoms with Gasteiger partial charge in [0.2, 0.25) is 17.8 Å². The Morgan fingerprint density at radius 2 is 2.03 bits per heavy atom. The molecule has 5 rings (SSSR count). The molecule has 3 heterocycles. The quantitative estimate of drug-likeness (QED) is 0.664. The topological polar surface area (TPSA) is 120 Å². The van der Waals surface area contributed by atoms with Crippen LogP contribution in [0.15, 0.2) is 23.0 Å². The number of carbonyl (C=O) groups is 2. The molecule has 176 valence electrons.